The standard InChI is InChI=1S/C12H16O5/c1-4-12(15,11(13)14)9-6-5-8(16-2)7-10(9)17-3/h5-7,15H,4H2,1-3H3,(H,13,14). The maximum atomic E-state index is 11.1. The number of ether oxygens (including phenoxy) is 2. The van der Waals surface area contributed by atoms with Gasteiger partial charge in [0.05, 0.1) is 14.2 Å². The SMILES string of the molecule is CCC(O)(C(=O)O)c1ccc(OC)cc1OC. The lowest BCUT2D eigenvalue weighted by molar-refractivity contribution is -0.160. The smallest absolute Gasteiger partial charge is 0.340 e. The average molecular weight is 240 g/mol. The molecule has 1 atom stereocenters. The Bertz CT molecular complexity index is 415. The molecule has 0 aliphatic rings. The molecule has 1 unspecified atom stereocenters. The minimum atomic E-state index is -1.95. The molecule has 2 N–H and O–H groups in total. The highest BCUT2D eigenvalue weighted by Gasteiger charge is 2.38. The van der Waals surface area contributed by atoms with Crippen molar-refractivity contribution in [3.63, 3.8) is 0 Å². The summed E-state index contributed by atoms with van der Waals surface area (Å²) < 4.78 is 10.1. The lowest BCUT2D eigenvalue weighted by atomic mass is 9.90. The number of benzene rings is 1. The Morgan fingerprint density at radius 3 is 2.41 bits per heavy atom. The molecule has 0 fully saturated rings. The molecule has 5 nitrogen and oxygen atoms in total. The number of methoxy groups -OCH3 is 2. The minimum absolute atomic E-state index is 0.0466. The summed E-state index contributed by atoms with van der Waals surface area (Å²) in [6.45, 7) is 1.60. The number of aliphatic hydroxyl groups is 1. The summed E-state index contributed by atoms with van der Waals surface area (Å²) in [5, 5.41) is 19.2. The number of carbonyl (C=O) groups is 1. The third-order valence-electron chi connectivity index (χ3n) is 2.72. The largest absolute Gasteiger partial charge is 0.497 e. The van der Waals surface area contributed by atoms with Crippen LogP contribution in [0.2, 0.25) is 0 Å². The van der Waals surface area contributed by atoms with Gasteiger partial charge >= 0.3 is 5.97 Å². The predicted octanol–water partition coefficient (Wildman–Crippen LogP) is 1.39. The molecular weight excluding hydrogens is 224 g/mol. The molecule has 0 saturated heterocycles. The molecular formula is C12H16O5. The van der Waals surface area contributed by atoms with Crippen LogP contribution in [0.1, 0.15) is 18.9 Å². The van der Waals surface area contributed by atoms with Gasteiger partial charge in [-0.15, -0.1) is 0 Å². The first-order valence-electron chi connectivity index (χ1n) is 5.17. The van der Waals surface area contributed by atoms with E-state index in [1.807, 2.05) is 0 Å². The molecule has 0 saturated carbocycles. The Balaban J connectivity index is 3.34. The first-order chi connectivity index (χ1) is 7.99. The molecule has 1 aromatic carbocycles. The lowest BCUT2D eigenvalue weighted by Gasteiger charge is -2.24. The van der Waals surface area contributed by atoms with Gasteiger partial charge in [0.2, 0.25) is 0 Å². The van der Waals surface area contributed by atoms with Gasteiger partial charge in [0.15, 0.2) is 5.60 Å². The molecule has 1 aromatic rings. The summed E-state index contributed by atoms with van der Waals surface area (Å²) in [6, 6.07) is 4.62. The van der Waals surface area contributed by atoms with Crippen molar-refractivity contribution in [2.45, 2.75) is 18.9 Å². The van der Waals surface area contributed by atoms with E-state index in [1.165, 1.54) is 20.3 Å². The zero-order valence-electron chi connectivity index (χ0n) is 10.1. The van der Waals surface area contributed by atoms with Crippen LogP contribution in [0.15, 0.2) is 18.2 Å². The van der Waals surface area contributed by atoms with E-state index < -0.39 is 11.6 Å². The lowest BCUT2D eigenvalue weighted by Crippen LogP contribution is -2.35. The first-order valence-corrected chi connectivity index (χ1v) is 5.17. The summed E-state index contributed by atoms with van der Waals surface area (Å²) in [7, 11) is 2.91. The number of hydrogen-bond donors (Lipinski definition) is 2. The Hall–Kier alpha value is -1.75. The molecule has 5 heteroatoms. The Kier molecular flexibility index (Phi) is 3.96. The highest BCUT2D eigenvalue weighted by molar-refractivity contribution is 5.80. The zero-order chi connectivity index (χ0) is 13.1. The fourth-order valence-electron chi connectivity index (χ4n) is 1.60. The van der Waals surface area contributed by atoms with Crippen LogP contribution in [0.4, 0.5) is 0 Å². The van der Waals surface area contributed by atoms with Gasteiger partial charge in [0.1, 0.15) is 11.5 Å². The summed E-state index contributed by atoms with van der Waals surface area (Å²) in [4.78, 5) is 11.1. The van der Waals surface area contributed by atoms with Gasteiger partial charge < -0.3 is 19.7 Å². The summed E-state index contributed by atoms with van der Waals surface area (Å²) >= 11 is 0. The highest BCUT2D eigenvalue weighted by Crippen LogP contribution is 2.35. The highest BCUT2D eigenvalue weighted by atomic mass is 16.5. The second-order valence-electron chi connectivity index (χ2n) is 3.59. The van der Waals surface area contributed by atoms with E-state index in [4.69, 9.17) is 14.6 Å². The van der Waals surface area contributed by atoms with E-state index in [2.05, 4.69) is 0 Å². The molecule has 0 radical (unpaired) electrons. The third-order valence-corrected chi connectivity index (χ3v) is 2.72. The van der Waals surface area contributed by atoms with Crippen LogP contribution >= 0.6 is 0 Å². The normalized spacial score (nSPS) is 13.9. The maximum Gasteiger partial charge on any atom is 0.340 e. The molecule has 0 amide bonds. The molecule has 17 heavy (non-hydrogen) atoms. The van der Waals surface area contributed by atoms with Gasteiger partial charge in [-0.25, -0.2) is 4.79 Å². The zero-order valence-corrected chi connectivity index (χ0v) is 10.1. The molecule has 0 aliphatic heterocycles. The third kappa shape index (κ3) is 2.34. The molecule has 94 valence electrons. The van der Waals surface area contributed by atoms with E-state index >= 15 is 0 Å². The van der Waals surface area contributed by atoms with Crippen LogP contribution in [0.5, 0.6) is 11.5 Å². The van der Waals surface area contributed by atoms with Crippen molar-refractivity contribution in [1.29, 1.82) is 0 Å². The van der Waals surface area contributed by atoms with E-state index in [0.29, 0.717) is 5.75 Å². The average Bonchev–Trinajstić information content (AvgIpc) is 2.36. The topological polar surface area (TPSA) is 76.0 Å². The summed E-state index contributed by atoms with van der Waals surface area (Å²) in [5.74, 6) is -0.478. The number of aliphatic carboxylic acids is 1. The monoisotopic (exact) mass is 240 g/mol. The number of carboxylic acids is 1. The fraction of sp³-hybridized carbons (Fsp3) is 0.417. The molecule has 0 bridgehead atoms. The van der Waals surface area contributed by atoms with Gasteiger partial charge in [-0.05, 0) is 18.6 Å². The molecule has 0 aliphatic carbocycles. The Labute approximate surface area is 99.6 Å². The van der Waals surface area contributed by atoms with Crippen LogP contribution < -0.4 is 9.47 Å². The van der Waals surface area contributed by atoms with Crippen molar-refractivity contribution in [2.75, 3.05) is 14.2 Å². The Morgan fingerprint density at radius 2 is 2.00 bits per heavy atom. The second-order valence-corrected chi connectivity index (χ2v) is 3.59. The van der Waals surface area contributed by atoms with Gasteiger partial charge in [-0.1, -0.05) is 6.92 Å². The van der Waals surface area contributed by atoms with Crippen LogP contribution in [-0.2, 0) is 10.4 Å². The fourth-order valence-corrected chi connectivity index (χ4v) is 1.60. The molecule has 0 aromatic heterocycles. The van der Waals surface area contributed by atoms with E-state index in [-0.39, 0.29) is 17.7 Å². The van der Waals surface area contributed by atoms with Crippen molar-refractivity contribution in [2.24, 2.45) is 0 Å². The Morgan fingerprint density at radius 1 is 1.35 bits per heavy atom. The van der Waals surface area contributed by atoms with E-state index in [1.54, 1.807) is 19.1 Å². The quantitative estimate of drug-likeness (QED) is 0.813. The minimum Gasteiger partial charge on any atom is -0.497 e. The number of rotatable bonds is 5. The van der Waals surface area contributed by atoms with Gasteiger partial charge in [0, 0.05) is 11.6 Å². The molecule has 0 heterocycles. The molecule has 1 rings (SSSR count). The van der Waals surface area contributed by atoms with Crippen molar-refractivity contribution in [3.05, 3.63) is 23.8 Å². The summed E-state index contributed by atoms with van der Waals surface area (Å²) in [6.07, 6.45) is 0.0466. The van der Waals surface area contributed by atoms with Crippen molar-refractivity contribution in [3.8, 4) is 11.5 Å². The number of carboxylic acid groups (broad SMARTS) is 1. The van der Waals surface area contributed by atoms with E-state index in [0.717, 1.165) is 0 Å². The van der Waals surface area contributed by atoms with Gasteiger partial charge in [-0.3, -0.25) is 0 Å². The first kappa shape index (κ1) is 13.3. The van der Waals surface area contributed by atoms with Crippen LogP contribution in [0.25, 0.3) is 0 Å². The van der Waals surface area contributed by atoms with Crippen LogP contribution in [-0.4, -0.2) is 30.4 Å². The van der Waals surface area contributed by atoms with Crippen molar-refractivity contribution in [1.82, 2.24) is 0 Å². The van der Waals surface area contributed by atoms with Crippen LogP contribution in [0.3, 0.4) is 0 Å². The van der Waals surface area contributed by atoms with Crippen molar-refractivity contribution < 1.29 is 24.5 Å². The van der Waals surface area contributed by atoms with Gasteiger partial charge in [0.25, 0.3) is 0 Å². The number of hydrogen-bond acceptors (Lipinski definition) is 4. The summed E-state index contributed by atoms with van der Waals surface area (Å²) in [5.41, 5.74) is -1.73. The second kappa shape index (κ2) is 5.05. The van der Waals surface area contributed by atoms with E-state index in [9.17, 15) is 9.90 Å². The van der Waals surface area contributed by atoms with Crippen molar-refractivity contribution >= 4 is 5.97 Å². The van der Waals surface area contributed by atoms with Gasteiger partial charge in [-0.2, -0.15) is 0 Å². The van der Waals surface area contributed by atoms with Crippen LogP contribution in [0, 0.1) is 0 Å². The molecule has 0 spiro atoms. The predicted molar refractivity (Wildman–Crippen MR) is 61.4 cm³/mol. The maximum absolute atomic E-state index is 11.1.